The van der Waals surface area contributed by atoms with Crippen molar-refractivity contribution in [2.24, 2.45) is 5.73 Å². The van der Waals surface area contributed by atoms with Gasteiger partial charge < -0.3 is 15.5 Å². The van der Waals surface area contributed by atoms with Gasteiger partial charge in [-0.1, -0.05) is 11.6 Å². The van der Waals surface area contributed by atoms with Crippen molar-refractivity contribution in [3.8, 4) is 0 Å². The van der Waals surface area contributed by atoms with Gasteiger partial charge in [-0.25, -0.2) is 0 Å². The Hall–Kier alpha value is -1.26. The fourth-order valence-corrected chi connectivity index (χ4v) is 2.69. The zero-order valence-electron chi connectivity index (χ0n) is 10.8. The monoisotopic (exact) mass is 266 g/mol. The number of nitrogens with zero attached hydrogens (tertiary/aromatic N) is 2. The molecule has 1 aromatic rings. The smallest absolute Gasteiger partial charge is 0.122 e. The van der Waals surface area contributed by atoms with Gasteiger partial charge in [0.2, 0.25) is 0 Å². The van der Waals surface area contributed by atoms with Crippen molar-refractivity contribution >= 4 is 23.1 Å². The summed E-state index contributed by atoms with van der Waals surface area (Å²) in [6, 6.07) is 6.02. The van der Waals surface area contributed by atoms with Gasteiger partial charge in [-0.05, 0) is 32.2 Å². The Bertz CT molecular complexity index is 460. The quantitative estimate of drug-likeness (QED) is 0.634. The Morgan fingerprint density at radius 3 is 2.72 bits per heavy atom. The van der Waals surface area contributed by atoms with Gasteiger partial charge in [0.25, 0.3) is 0 Å². The number of likely N-dealkylation sites (N-methyl/N-ethyl adjacent to an activating group) is 1. The number of benzene rings is 1. The highest BCUT2D eigenvalue weighted by atomic mass is 35.5. The maximum absolute atomic E-state index is 7.41. The summed E-state index contributed by atoms with van der Waals surface area (Å²) >= 11 is 6.30. The van der Waals surface area contributed by atoms with Gasteiger partial charge in [0.05, 0.1) is 10.7 Å². The summed E-state index contributed by atoms with van der Waals surface area (Å²) in [6.45, 7) is 5.24. The molecule has 0 radical (unpaired) electrons. The van der Waals surface area contributed by atoms with E-state index in [4.69, 9.17) is 22.7 Å². The molecular formula is C13H19ClN4. The lowest BCUT2D eigenvalue weighted by Crippen LogP contribution is -2.50. The van der Waals surface area contributed by atoms with E-state index in [9.17, 15) is 0 Å². The molecule has 5 heteroatoms. The van der Waals surface area contributed by atoms with Crippen LogP contribution in [0.3, 0.4) is 0 Å². The van der Waals surface area contributed by atoms with Crippen LogP contribution in [0.2, 0.25) is 5.02 Å². The molecule has 3 N–H and O–H groups in total. The zero-order chi connectivity index (χ0) is 13.3. The van der Waals surface area contributed by atoms with Gasteiger partial charge in [-0.2, -0.15) is 0 Å². The molecule has 0 spiro atoms. The highest BCUT2D eigenvalue weighted by Gasteiger charge is 2.23. The van der Waals surface area contributed by atoms with Crippen molar-refractivity contribution in [2.75, 3.05) is 31.6 Å². The molecule has 1 aliphatic rings. The molecule has 1 atom stereocenters. The standard InChI is InChI=1S/C13H19ClN4/c1-9-8-17(2)5-6-18(9)12-4-3-10(13(15)16)7-11(12)14/h3-4,7,9H,5-6,8H2,1-2H3,(H3,15,16). The topological polar surface area (TPSA) is 56.4 Å². The predicted octanol–water partition coefficient (Wildman–Crippen LogP) is 1.76. The number of hydrogen-bond acceptors (Lipinski definition) is 3. The molecule has 2 rings (SSSR count). The lowest BCUT2D eigenvalue weighted by Gasteiger charge is -2.40. The van der Waals surface area contributed by atoms with Crippen LogP contribution in [0, 0.1) is 5.41 Å². The molecule has 98 valence electrons. The van der Waals surface area contributed by atoms with E-state index in [1.165, 1.54) is 0 Å². The van der Waals surface area contributed by atoms with E-state index in [1.807, 2.05) is 12.1 Å². The molecule has 1 aromatic carbocycles. The van der Waals surface area contributed by atoms with Crippen LogP contribution in [0.5, 0.6) is 0 Å². The van der Waals surface area contributed by atoms with Crippen molar-refractivity contribution in [2.45, 2.75) is 13.0 Å². The average molecular weight is 267 g/mol. The second-order valence-electron chi connectivity index (χ2n) is 4.88. The van der Waals surface area contributed by atoms with E-state index in [0.29, 0.717) is 16.6 Å². The maximum atomic E-state index is 7.41. The van der Waals surface area contributed by atoms with Gasteiger partial charge in [-0.15, -0.1) is 0 Å². The molecule has 1 unspecified atom stereocenters. The minimum absolute atomic E-state index is 0.0508. The molecule has 1 fully saturated rings. The minimum Gasteiger partial charge on any atom is -0.384 e. The Kier molecular flexibility index (Phi) is 3.78. The highest BCUT2D eigenvalue weighted by Crippen LogP contribution is 2.29. The second kappa shape index (κ2) is 5.16. The molecule has 0 amide bonds. The van der Waals surface area contributed by atoms with Crippen LogP contribution in [0.4, 0.5) is 5.69 Å². The van der Waals surface area contributed by atoms with E-state index in [0.717, 1.165) is 25.3 Å². The van der Waals surface area contributed by atoms with E-state index in [-0.39, 0.29) is 5.84 Å². The first-order chi connectivity index (χ1) is 8.49. The van der Waals surface area contributed by atoms with Gasteiger partial charge >= 0.3 is 0 Å². The van der Waals surface area contributed by atoms with Crippen molar-refractivity contribution in [3.63, 3.8) is 0 Å². The van der Waals surface area contributed by atoms with Crippen molar-refractivity contribution in [1.82, 2.24) is 4.90 Å². The Morgan fingerprint density at radius 1 is 1.44 bits per heavy atom. The zero-order valence-corrected chi connectivity index (χ0v) is 11.5. The van der Waals surface area contributed by atoms with Crippen molar-refractivity contribution < 1.29 is 0 Å². The van der Waals surface area contributed by atoms with Gasteiger partial charge in [0.1, 0.15) is 5.84 Å². The Morgan fingerprint density at radius 2 is 2.17 bits per heavy atom. The number of halogens is 1. The maximum Gasteiger partial charge on any atom is 0.122 e. The molecular weight excluding hydrogens is 248 g/mol. The number of nitrogens with two attached hydrogens (primary N) is 1. The number of amidine groups is 1. The van der Waals surface area contributed by atoms with Gasteiger partial charge in [0, 0.05) is 31.2 Å². The average Bonchev–Trinajstić information content (AvgIpc) is 2.30. The third-order valence-corrected chi connectivity index (χ3v) is 3.70. The molecule has 4 nitrogen and oxygen atoms in total. The summed E-state index contributed by atoms with van der Waals surface area (Å²) in [4.78, 5) is 4.63. The van der Waals surface area contributed by atoms with E-state index in [2.05, 4.69) is 23.8 Å². The summed E-state index contributed by atoms with van der Waals surface area (Å²) in [5.41, 5.74) is 7.16. The first-order valence-electron chi connectivity index (χ1n) is 6.08. The highest BCUT2D eigenvalue weighted by molar-refractivity contribution is 6.33. The molecule has 1 aliphatic heterocycles. The van der Waals surface area contributed by atoms with E-state index >= 15 is 0 Å². The summed E-state index contributed by atoms with van der Waals surface area (Å²) in [5, 5.41) is 8.08. The van der Waals surface area contributed by atoms with Crippen LogP contribution in [0.25, 0.3) is 0 Å². The lowest BCUT2D eigenvalue weighted by molar-refractivity contribution is 0.275. The summed E-state index contributed by atoms with van der Waals surface area (Å²) < 4.78 is 0. The predicted molar refractivity (Wildman–Crippen MR) is 76.8 cm³/mol. The molecule has 0 aromatic heterocycles. The fraction of sp³-hybridized carbons (Fsp3) is 0.462. The minimum atomic E-state index is 0.0508. The van der Waals surface area contributed by atoms with Crippen LogP contribution >= 0.6 is 11.6 Å². The number of nitrogens with one attached hydrogen (secondary N) is 1. The van der Waals surface area contributed by atoms with Crippen LogP contribution in [0.1, 0.15) is 12.5 Å². The number of anilines is 1. The number of hydrogen-bond donors (Lipinski definition) is 2. The lowest BCUT2D eigenvalue weighted by atomic mass is 10.1. The van der Waals surface area contributed by atoms with Gasteiger partial charge in [0.15, 0.2) is 0 Å². The van der Waals surface area contributed by atoms with Crippen LogP contribution < -0.4 is 10.6 Å². The normalized spacial score (nSPS) is 21.1. The van der Waals surface area contributed by atoms with E-state index in [1.54, 1.807) is 6.07 Å². The summed E-state index contributed by atoms with van der Waals surface area (Å²) in [5.74, 6) is 0.0508. The van der Waals surface area contributed by atoms with Crippen molar-refractivity contribution in [3.05, 3.63) is 28.8 Å². The van der Waals surface area contributed by atoms with Crippen LogP contribution in [0.15, 0.2) is 18.2 Å². The summed E-state index contributed by atoms with van der Waals surface area (Å²) in [7, 11) is 2.13. The number of piperazine rings is 1. The number of rotatable bonds is 2. The summed E-state index contributed by atoms with van der Waals surface area (Å²) in [6.07, 6.45) is 0. The molecule has 1 heterocycles. The van der Waals surface area contributed by atoms with Crippen LogP contribution in [-0.2, 0) is 0 Å². The Balaban J connectivity index is 2.26. The third-order valence-electron chi connectivity index (χ3n) is 3.40. The Labute approximate surface area is 113 Å². The SMILES string of the molecule is CC1CN(C)CCN1c1ccc(C(=N)N)cc1Cl. The number of nitrogen functional groups attached to an aromatic ring is 1. The van der Waals surface area contributed by atoms with E-state index < -0.39 is 0 Å². The second-order valence-corrected chi connectivity index (χ2v) is 5.29. The van der Waals surface area contributed by atoms with Crippen LogP contribution in [-0.4, -0.2) is 43.5 Å². The first kappa shape index (κ1) is 13.2. The fourth-order valence-electron chi connectivity index (χ4n) is 2.40. The van der Waals surface area contributed by atoms with Gasteiger partial charge in [-0.3, -0.25) is 5.41 Å². The third kappa shape index (κ3) is 2.60. The molecule has 0 saturated carbocycles. The molecule has 1 saturated heterocycles. The molecule has 0 aliphatic carbocycles. The largest absolute Gasteiger partial charge is 0.384 e. The first-order valence-corrected chi connectivity index (χ1v) is 6.46. The molecule has 18 heavy (non-hydrogen) atoms. The molecule has 0 bridgehead atoms. The van der Waals surface area contributed by atoms with Crippen molar-refractivity contribution in [1.29, 1.82) is 5.41 Å².